The number of hydrogen-bond acceptors (Lipinski definition) is 5. The molecule has 1 atom stereocenters. The first kappa shape index (κ1) is 16.8. The summed E-state index contributed by atoms with van der Waals surface area (Å²) in [4.78, 5) is 22.1. The second-order valence-electron chi connectivity index (χ2n) is 4.32. The van der Waals surface area contributed by atoms with Crippen LogP contribution in [-0.4, -0.2) is 44.3 Å². The molecule has 1 unspecified atom stereocenters. The molecule has 0 aliphatic carbocycles. The van der Waals surface area contributed by atoms with Gasteiger partial charge in [0.15, 0.2) is 11.5 Å². The molecular formula is C14H20N2O5. The van der Waals surface area contributed by atoms with Gasteiger partial charge >= 0.3 is 5.97 Å². The Morgan fingerprint density at radius 1 is 1.19 bits per heavy atom. The Bertz CT molecular complexity index is 504. The van der Waals surface area contributed by atoms with Crippen LogP contribution in [0.2, 0.25) is 0 Å². The van der Waals surface area contributed by atoms with Gasteiger partial charge in [-0.15, -0.1) is 0 Å². The number of carbonyl (C=O) groups is 2. The lowest BCUT2D eigenvalue weighted by Crippen LogP contribution is -2.35. The lowest BCUT2D eigenvalue weighted by atomic mass is 10.1. The molecule has 0 saturated carbocycles. The minimum Gasteiger partial charge on any atom is -0.493 e. The molecule has 116 valence electrons. The van der Waals surface area contributed by atoms with Crippen LogP contribution in [0.15, 0.2) is 18.2 Å². The van der Waals surface area contributed by atoms with Gasteiger partial charge in [0.25, 0.3) is 0 Å². The zero-order valence-corrected chi connectivity index (χ0v) is 12.3. The molecule has 0 aliphatic heterocycles. The first-order valence-corrected chi connectivity index (χ1v) is 6.42. The molecule has 0 heterocycles. The van der Waals surface area contributed by atoms with Crippen LogP contribution >= 0.6 is 0 Å². The van der Waals surface area contributed by atoms with E-state index < -0.39 is 12.0 Å². The second kappa shape index (κ2) is 8.11. The highest BCUT2D eigenvalue weighted by Gasteiger charge is 2.20. The molecule has 1 rings (SSSR count). The lowest BCUT2D eigenvalue weighted by molar-refractivity contribution is -0.139. The molecule has 0 fully saturated rings. The Labute approximate surface area is 123 Å². The van der Waals surface area contributed by atoms with Crippen molar-refractivity contribution < 1.29 is 24.2 Å². The highest BCUT2D eigenvalue weighted by Crippen LogP contribution is 2.30. The van der Waals surface area contributed by atoms with E-state index in [-0.39, 0.29) is 5.91 Å². The fraction of sp³-hybridized carbons (Fsp3) is 0.429. The molecule has 0 radical (unpaired) electrons. The predicted octanol–water partition coefficient (Wildman–Crippen LogP) is 0.555. The van der Waals surface area contributed by atoms with Crippen LogP contribution in [0.3, 0.4) is 0 Å². The van der Waals surface area contributed by atoms with E-state index in [1.54, 1.807) is 18.2 Å². The normalized spacial score (nSPS) is 11.6. The van der Waals surface area contributed by atoms with Crippen molar-refractivity contribution in [2.75, 3.05) is 27.3 Å². The average Bonchev–Trinajstić information content (AvgIpc) is 2.45. The number of nitrogens with one attached hydrogen (secondary N) is 2. The first-order valence-electron chi connectivity index (χ1n) is 6.42. The molecule has 0 spiro atoms. The molecular weight excluding hydrogens is 276 g/mol. The van der Waals surface area contributed by atoms with Crippen LogP contribution in [0, 0.1) is 0 Å². The average molecular weight is 296 g/mol. The van der Waals surface area contributed by atoms with Gasteiger partial charge < -0.3 is 19.9 Å². The van der Waals surface area contributed by atoms with E-state index in [4.69, 9.17) is 9.47 Å². The number of ether oxygens (including phenoxy) is 2. The van der Waals surface area contributed by atoms with Crippen molar-refractivity contribution in [3.05, 3.63) is 23.8 Å². The van der Waals surface area contributed by atoms with Crippen molar-refractivity contribution in [3.8, 4) is 11.5 Å². The van der Waals surface area contributed by atoms with Crippen LogP contribution in [0.1, 0.15) is 18.5 Å². The van der Waals surface area contributed by atoms with Crippen molar-refractivity contribution in [1.29, 1.82) is 0 Å². The zero-order valence-electron chi connectivity index (χ0n) is 12.3. The quantitative estimate of drug-likeness (QED) is 0.606. The maximum Gasteiger partial charge on any atom is 0.325 e. The molecule has 7 nitrogen and oxygen atoms in total. The van der Waals surface area contributed by atoms with Gasteiger partial charge in [-0.25, -0.2) is 0 Å². The number of methoxy groups -OCH3 is 2. The number of rotatable bonds is 8. The lowest BCUT2D eigenvalue weighted by Gasteiger charge is -2.17. The smallest absolute Gasteiger partial charge is 0.325 e. The van der Waals surface area contributed by atoms with Crippen molar-refractivity contribution in [3.63, 3.8) is 0 Å². The number of aliphatic carboxylic acids is 1. The number of hydrogen-bond donors (Lipinski definition) is 3. The number of carboxylic acids is 1. The number of carboxylic acid groups (broad SMARTS) is 1. The molecule has 21 heavy (non-hydrogen) atoms. The number of carbonyl (C=O) groups excluding carboxylic acids is 1. The van der Waals surface area contributed by atoms with Crippen molar-refractivity contribution in [2.45, 2.75) is 13.0 Å². The van der Waals surface area contributed by atoms with Gasteiger partial charge in [-0.1, -0.05) is 6.07 Å². The maximum atomic E-state index is 11.4. The largest absolute Gasteiger partial charge is 0.493 e. The van der Waals surface area contributed by atoms with Crippen LogP contribution in [0.4, 0.5) is 0 Å². The molecule has 1 aromatic rings. The molecule has 0 aromatic heterocycles. The van der Waals surface area contributed by atoms with Crippen molar-refractivity contribution in [2.24, 2.45) is 0 Å². The topological polar surface area (TPSA) is 96.9 Å². The Balaban J connectivity index is 2.80. The highest BCUT2D eigenvalue weighted by atomic mass is 16.5. The van der Waals surface area contributed by atoms with E-state index in [2.05, 4.69) is 10.6 Å². The van der Waals surface area contributed by atoms with E-state index in [1.807, 2.05) is 0 Å². The maximum absolute atomic E-state index is 11.4. The van der Waals surface area contributed by atoms with Gasteiger partial charge in [0, 0.05) is 20.0 Å². The van der Waals surface area contributed by atoms with Gasteiger partial charge in [-0.05, 0) is 17.7 Å². The monoisotopic (exact) mass is 296 g/mol. The summed E-state index contributed by atoms with van der Waals surface area (Å²) in [6.07, 6.45) is 0. The Morgan fingerprint density at radius 3 is 2.38 bits per heavy atom. The minimum atomic E-state index is -1.01. The molecule has 0 saturated heterocycles. The second-order valence-corrected chi connectivity index (χ2v) is 4.32. The van der Waals surface area contributed by atoms with Crippen LogP contribution < -0.4 is 20.1 Å². The van der Waals surface area contributed by atoms with Gasteiger partial charge in [0.05, 0.1) is 14.2 Å². The third-order valence-corrected chi connectivity index (χ3v) is 2.84. The van der Waals surface area contributed by atoms with E-state index in [0.29, 0.717) is 30.2 Å². The molecule has 7 heteroatoms. The number of amides is 1. The van der Waals surface area contributed by atoms with E-state index in [9.17, 15) is 14.7 Å². The summed E-state index contributed by atoms with van der Waals surface area (Å²) in [7, 11) is 3.00. The summed E-state index contributed by atoms with van der Waals surface area (Å²) >= 11 is 0. The van der Waals surface area contributed by atoms with E-state index in [0.717, 1.165) is 0 Å². The standard InChI is InChI=1S/C14H20N2O5/c1-9(17)15-6-7-16-13(14(18)19)10-4-5-11(20-2)12(8-10)21-3/h4-5,8,13,16H,6-7H2,1-3H3,(H,15,17)(H,18,19). The summed E-state index contributed by atoms with van der Waals surface area (Å²) in [5.74, 6) is -0.173. The third kappa shape index (κ3) is 4.96. The summed E-state index contributed by atoms with van der Waals surface area (Å²) in [5, 5.41) is 14.8. The first-order chi connectivity index (χ1) is 9.99. The van der Waals surface area contributed by atoms with Crippen molar-refractivity contribution in [1.82, 2.24) is 10.6 Å². The van der Waals surface area contributed by atoms with Crippen molar-refractivity contribution >= 4 is 11.9 Å². The summed E-state index contributed by atoms with van der Waals surface area (Å²) < 4.78 is 10.3. The summed E-state index contributed by atoms with van der Waals surface area (Å²) in [6, 6.07) is 4.03. The third-order valence-electron chi connectivity index (χ3n) is 2.84. The Hall–Kier alpha value is -2.28. The summed E-state index contributed by atoms with van der Waals surface area (Å²) in [6.45, 7) is 2.10. The van der Waals surface area contributed by atoms with Crippen LogP contribution in [0.5, 0.6) is 11.5 Å². The molecule has 3 N–H and O–H groups in total. The molecule has 0 bridgehead atoms. The zero-order chi connectivity index (χ0) is 15.8. The van der Waals surface area contributed by atoms with Gasteiger partial charge in [-0.2, -0.15) is 0 Å². The Morgan fingerprint density at radius 2 is 1.86 bits per heavy atom. The van der Waals surface area contributed by atoms with Crippen LogP contribution in [0.25, 0.3) is 0 Å². The highest BCUT2D eigenvalue weighted by molar-refractivity contribution is 5.76. The van der Waals surface area contributed by atoms with E-state index >= 15 is 0 Å². The summed E-state index contributed by atoms with van der Waals surface area (Å²) in [5.41, 5.74) is 0.544. The molecule has 0 aliphatic rings. The SMILES string of the molecule is COc1ccc(C(NCCNC(C)=O)C(=O)O)cc1OC. The molecule has 1 amide bonds. The fourth-order valence-corrected chi connectivity index (χ4v) is 1.84. The van der Waals surface area contributed by atoms with Gasteiger partial charge in [-0.3, -0.25) is 14.9 Å². The molecule has 1 aromatic carbocycles. The van der Waals surface area contributed by atoms with Crippen LogP contribution in [-0.2, 0) is 9.59 Å². The minimum absolute atomic E-state index is 0.158. The Kier molecular flexibility index (Phi) is 6.48. The van der Waals surface area contributed by atoms with Gasteiger partial charge in [0.2, 0.25) is 5.91 Å². The number of benzene rings is 1. The predicted molar refractivity (Wildman–Crippen MR) is 76.6 cm³/mol. The van der Waals surface area contributed by atoms with E-state index in [1.165, 1.54) is 21.1 Å². The fourth-order valence-electron chi connectivity index (χ4n) is 1.84. The van der Waals surface area contributed by atoms with Gasteiger partial charge in [0.1, 0.15) is 6.04 Å².